The van der Waals surface area contributed by atoms with Crippen LogP contribution in [0.4, 0.5) is 0 Å². The highest BCUT2D eigenvalue weighted by atomic mass is 16.2. The average Bonchev–Trinajstić information content (AvgIpc) is 2.85. The van der Waals surface area contributed by atoms with Gasteiger partial charge in [0.05, 0.1) is 0 Å². The molecule has 0 fully saturated rings. The monoisotopic (exact) mass is 258 g/mol. The third-order valence-corrected chi connectivity index (χ3v) is 3.51. The summed E-state index contributed by atoms with van der Waals surface area (Å²) in [5, 5.41) is 1.23. The highest BCUT2D eigenvalue weighted by molar-refractivity contribution is 5.84. The number of rotatable bonds is 6. The second kappa shape index (κ2) is 6.41. The molecule has 3 nitrogen and oxygen atoms in total. The van der Waals surface area contributed by atoms with E-state index in [9.17, 15) is 4.79 Å². The molecule has 1 aromatic heterocycles. The van der Waals surface area contributed by atoms with Crippen molar-refractivity contribution in [1.82, 2.24) is 9.88 Å². The Morgan fingerprint density at radius 2 is 2.05 bits per heavy atom. The summed E-state index contributed by atoms with van der Waals surface area (Å²) in [6.07, 6.45) is 4.44. The Bertz CT molecular complexity index is 544. The molecule has 0 bridgehead atoms. The molecule has 2 aromatic rings. The fraction of sp³-hybridized carbons (Fsp3) is 0.438. The van der Waals surface area contributed by atoms with Crippen LogP contribution in [0, 0.1) is 0 Å². The molecule has 0 saturated heterocycles. The molecule has 0 saturated carbocycles. The summed E-state index contributed by atoms with van der Waals surface area (Å²) in [5.74, 6) is 0.259. The van der Waals surface area contributed by atoms with E-state index in [1.54, 1.807) is 0 Å². The van der Waals surface area contributed by atoms with E-state index >= 15 is 0 Å². The molecule has 102 valence electrons. The lowest BCUT2D eigenvalue weighted by Gasteiger charge is -2.19. The minimum atomic E-state index is 0.259. The van der Waals surface area contributed by atoms with Crippen LogP contribution in [0.1, 0.15) is 32.3 Å². The van der Waals surface area contributed by atoms with Crippen molar-refractivity contribution in [2.24, 2.45) is 0 Å². The van der Waals surface area contributed by atoms with Crippen molar-refractivity contribution < 1.29 is 4.79 Å². The molecule has 1 aromatic carbocycles. The van der Waals surface area contributed by atoms with E-state index in [0.29, 0.717) is 6.42 Å². The van der Waals surface area contributed by atoms with Crippen LogP contribution in [0.15, 0.2) is 30.5 Å². The predicted molar refractivity (Wildman–Crippen MR) is 79.2 cm³/mol. The highest BCUT2D eigenvalue weighted by Crippen LogP contribution is 2.19. The molecular weight excluding hydrogens is 236 g/mol. The summed E-state index contributed by atoms with van der Waals surface area (Å²) in [4.78, 5) is 17.3. The van der Waals surface area contributed by atoms with Gasteiger partial charge in [0.1, 0.15) is 0 Å². The normalized spacial score (nSPS) is 10.8. The van der Waals surface area contributed by atoms with Crippen molar-refractivity contribution in [2.75, 3.05) is 13.1 Å². The van der Waals surface area contributed by atoms with E-state index < -0.39 is 0 Å². The molecule has 2 rings (SSSR count). The largest absolute Gasteiger partial charge is 0.361 e. The number of carbonyl (C=O) groups is 1. The number of H-pyrrole nitrogens is 1. The first kappa shape index (κ1) is 13.7. The van der Waals surface area contributed by atoms with Crippen molar-refractivity contribution in [3.63, 3.8) is 0 Å². The van der Waals surface area contributed by atoms with Crippen LogP contribution in [0.5, 0.6) is 0 Å². The van der Waals surface area contributed by atoms with Gasteiger partial charge < -0.3 is 9.88 Å². The van der Waals surface area contributed by atoms with Crippen LogP contribution in [0.25, 0.3) is 10.9 Å². The van der Waals surface area contributed by atoms with Crippen molar-refractivity contribution >= 4 is 16.8 Å². The second-order valence-corrected chi connectivity index (χ2v) is 4.83. The maximum Gasteiger partial charge on any atom is 0.222 e. The second-order valence-electron chi connectivity index (χ2n) is 4.83. The molecule has 0 atom stereocenters. The molecule has 0 radical (unpaired) electrons. The number of benzene rings is 1. The molecular formula is C16H22N2O. The zero-order chi connectivity index (χ0) is 13.7. The van der Waals surface area contributed by atoms with Crippen LogP contribution in [-0.4, -0.2) is 28.9 Å². The lowest BCUT2D eigenvalue weighted by atomic mass is 10.1. The number of hydrogen-bond donors (Lipinski definition) is 1. The SMILES string of the molecule is CCCN(CC)C(=O)CCc1c[nH]c2ccccc12. The topological polar surface area (TPSA) is 36.1 Å². The van der Waals surface area contributed by atoms with Crippen LogP contribution in [0.3, 0.4) is 0 Å². The number of nitrogens with zero attached hydrogens (tertiary/aromatic N) is 1. The van der Waals surface area contributed by atoms with Gasteiger partial charge in [0.2, 0.25) is 5.91 Å². The Morgan fingerprint density at radius 1 is 1.26 bits per heavy atom. The van der Waals surface area contributed by atoms with Gasteiger partial charge in [-0.05, 0) is 31.4 Å². The van der Waals surface area contributed by atoms with Gasteiger partial charge in [-0.3, -0.25) is 4.79 Å². The molecule has 0 aliphatic rings. The molecule has 0 aliphatic heterocycles. The maximum absolute atomic E-state index is 12.1. The predicted octanol–water partition coefficient (Wildman–Crippen LogP) is 3.36. The Hall–Kier alpha value is -1.77. The lowest BCUT2D eigenvalue weighted by molar-refractivity contribution is -0.131. The van der Waals surface area contributed by atoms with Crippen LogP contribution < -0.4 is 0 Å². The minimum absolute atomic E-state index is 0.259. The van der Waals surface area contributed by atoms with E-state index in [1.165, 1.54) is 10.9 Å². The van der Waals surface area contributed by atoms with E-state index in [-0.39, 0.29) is 5.91 Å². The van der Waals surface area contributed by atoms with Gasteiger partial charge >= 0.3 is 0 Å². The first-order valence-electron chi connectivity index (χ1n) is 7.09. The number of fused-ring (bicyclic) bond motifs is 1. The van der Waals surface area contributed by atoms with Gasteiger partial charge in [0, 0.05) is 36.6 Å². The number of aromatic nitrogens is 1. The first-order valence-corrected chi connectivity index (χ1v) is 7.09. The summed E-state index contributed by atoms with van der Waals surface area (Å²) in [7, 11) is 0. The summed E-state index contributed by atoms with van der Waals surface area (Å²) in [5.41, 5.74) is 2.38. The Labute approximate surface area is 114 Å². The molecule has 1 amide bonds. The van der Waals surface area contributed by atoms with Crippen LogP contribution >= 0.6 is 0 Å². The van der Waals surface area contributed by atoms with E-state index in [1.807, 2.05) is 30.2 Å². The molecule has 19 heavy (non-hydrogen) atoms. The summed E-state index contributed by atoms with van der Waals surface area (Å²) < 4.78 is 0. The van der Waals surface area contributed by atoms with Crippen molar-refractivity contribution in [3.05, 3.63) is 36.0 Å². The number of aryl methyl sites for hydroxylation is 1. The van der Waals surface area contributed by atoms with Crippen molar-refractivity contribution in [1.29, 1.82) is 0 Å². The number of amides is 1. The van der Waals surface area contributed by atoms with Gasteiger partial charge in [-0.25, -0.2) is 0 Å². The number of para-hydroxylation sites is 1. The van der Waals surface area contributed by atoms with Crippen LogP contribution in [-0.2, 0) is 11.2 Å². The molecule has 1 heterocycles. The van der Waals surface area contributed by atoms with Gasteiger partial charge in [-0.15, -0.1) is 0 Å². The number of nitrogens with one attached hydrogen (secondary N) is 1. The fourth-order valence-electron chi connectivity index (χ4n) is 2.47. The lowest BCUT2D eigenvalue weighted by Crippen LogP contribution is -2.31. The molecule has 1 N–H and O–H groups in total. The third-order valence-electron chi connectivity index (χ3n) is 3.51. The number of hydrogen-bond acceptors (Lipinski definition) is 1. The van der Waals surface area contributed by atoms with Crippen LogP contribution in [0.2, 0.25) is 0 Å². The Kier molecular flexibility index (Phi) is 4.61. The van der Waals surface area contributed by atoms with Crippen molar-refractivity contribution in [3.8, 4) is 0 Å². The minimum Gasteiger partial charge on any atom is -0.361 e. The Morgan fingerprint density at radius 3 is 2.79 bits per heavy atom. The molecule has 0 spiro atoms. The molecule has 0 unspecified atom stereocenters. The van der Waals surface area contributed by atoms with Gasteiger partial charge in [-0.2, -0.15) is 0 Å². The zero-order valence-corrected chi connectivity index (χ0v) is 11.8. The summed E-state index contributed by atoms with van der Waals surface area (Å²) >= 11 is 0. The smallest absolute Gasteiger partial charge is 0.222 e. The molecule has 0 aliphatic carbocycles. The summed E-state index contributed by atoms with van der Waals surface area (Å²) in [6, 6.07) is 8.23. The quantitative estimate of drug-likeness (QED) is 0.847. The van der Waals surface area contributed by atoms with E-state index in [4.69, 9.17) is 0 Å². The molecule has 3 heteroatoms. The first-order chi connectivity index (χ1) is 9.26. The number of aromatic amines is 1. The zero-order valence-electron chi connectivity index (χ0n) is 11.8. The third kappa shape index (κ3) is 3.16. The summed E-state index contributed by atoms with van der Waals surface area (Å²) in [6.45, 7) is 5.82. The average molecular weight is 258 g/mol. The highest BCUT2D eigenvalue weighted by Gasteiger charge is 2.11. The maximum atomic E-state index is 12.1. The number of carbonyl (C=O) groups excluding carboxylic acids is 1. The Balaban J connectivity index is 2.00. The van der Waals surface area contributed by atoms with E-state index in [0.717, 1.165) is 31.4 Å². The standard InChI is InChI=1S/C16H22N2O/c1-3-11-18(4-2)16(19)10-9-13-12-17-15-8-6-5-7-14(13)15/h5-8,12,17H,3-4,9-11H2,1-2H3. The van der Waals surface area contributed by atoms with E-state index in [2.05, 4.69) is 24.0 Å². The van der Waals surface area contributed by atoms with Crippen molar-refractivity contribution in [2.45, 2.75) is 33.1 Å². The fourth-order valence-corrected chi connectivity index (χ4v) is 2.47. The van der Waals surface area contributed by atoms with Gasteiger partial charge in [-0.1, -0.05) is 25.1 Å². The van der Waals surface area contributed by atoms with Gasteiger partial charge in [0.15, 0.2) is 0 Å². The van der Waals surface area contributed by atoms with Gasteiger partial charge in [0.25, 0.3) is 0 Å².